The van der Waals surface area contributed by atoms with Gasteiger partial charge in [-0.25, -0.2) is 9.59 Å². The molecule has 1 heterocycles. The van der Waals surface area contributed by atoms with E-state index in [4.69, 9.17) is 4.74 Å². The minimum absolute atomic E-state index is 0.0803. The lowest BCUT2D eigenvalue weighted by Gasteiger charge is -2.22. The molecule has 1 aliphatic heterocycles. The molecule has 3 rings (SSSR count). The number of hydrogen-bond donors (Lipinski definition) is 1. The van der Waals surface area contributed by atoms with Crippen molar-refractivity contribution in [1.29, 1.82) is 0 Å². The normalized spacial score (nSPS) is 19.4. The molecule has 0 aromatic heterocycles. The average molecular weight is 352 g/mol. The van der Waals surface area contributed by atoms with Gasteiger partial charge in [-0.3, -0.25) is 9.69 Å². The lowest BCUT2D eigenvalue weighted by atomic mass is 9.91. The number of carbonyl (C=O) groups is 3. The minimum Gasteiger partial charge on any atom is -0.465 e. The van der Waals surface area contributed by atoms with Crippen molar-refractivity contribution in [2.45, 2.75) is 25.9 Å². The van der Waals surface area contributed by atoms with E-state index < -0.39 is 17.5 Å². The minimum atomic E-state index is -1.11. The number of rotatable bonds is 4. The Labute approximate surface area is 151 Å². The third-order valence-electron chi connectivity index (χ3n) is 4.59. The highest BCUT2D eigenvalue weighted by Gasteiger charge is 2.48. The van der Waals surface area contributed by atoms with E-state index >= 15 is 0 Å². The van der Waals surface area contributed by atoms with Gasteiger partial charge < -0.3 is 10.1 Å². The van der Waals surface area contributed by atoms with E-state index in [1.54, 1.807) is 31.2 Å². The molecule has 3 amide bonds. The van der Waals surface area contributed by atoms with Gasteiger partial charge in [0.2, 0.25) is 0 Å². The van der Waals surface area contributed by atoms with Gasteiger partial charge in [-0.2, -0.15) is 0 Å². The highest BCUT2D eigenvalue weighted by molar-refractivity contribution is 6.07. The predicted octanol–water partition coefficient (Wildman–Crippen LogP) is 2.75. The average Bonchev–Trinajstić information content (AvgIpc) is 2.86. The SMILES string of the molecule is COC(=O)c1cccc(CN2C(=O)N[C@](C)(c3ccc(C)cc3)C2=O)c1. The number of amides is 3. The molecule has 0 bridgehead atoms. The van der Waals surface area contributed by atoms with Crippen LogP contribution in [0.25, 0.3) is 0 Å². The van der Waals surface area contributed by atoms with Gasteiger partial charge in [-0.05, 0) is 37.1 Å². The van der Waals surface area contributed by atoms with Crippen molar-refractivity contribution < 1.29 is 19.1 Å². The highest BCUT2D eigenvalue weighted by Crippen LogP contribution is 2.30. The van der Waals surface area contributed by atoms with Crippen molar-refractivity contribution in [3.8, 4) is 0 Å². The van der Waals surface area contributed by atoms with Crippen molar-refractivity contribution in [3.05, 3.63) is 70.8 Å². The number of carbonyl (C=O) groups excluding carboxylic acids is 3. The first-order valence-electron chi connectivity index (χ1n) is 8.23. The fourth-order valence-corrected chi connectivity index (χ4v) is 3.02. The summed E-state index contributed by atoms with van der Waals surface area (Å²) in [5.41, 5.74) is 1.74. The Hall–Kier alpha value is -3.15. The number of nitrogens with zero attached hydrogens (tertiary/aromatic N) is 1. The number of esters is 1. The number of urea groups is 1. The molecule has 0 unspecified atom stereocenters. The van der Waals surface area contributed by atoms with Crippen molar-refractivity contribution in [3.63, 3.8) is 0 Å². The third-order valence-corrected chi connectivity index (χ3v) is 4.59. The number of hydrogen-bond acceptors (Lipinski definition) is 4. The van der Waals surface area contributed by atoms with Crippen molar-refractivity contribution in [1.82, 2.24) is 10.2 Å². The molecular weight excluding hydrogens is 332 g/mol. The van der Waals surface area contributed by atoms with Crippen LogP contribution in [0.3, 0.4) is 0 Å². The van der Waals surface area contributed by atoms with Crippen LogP contribution in [-0.2, 0) is 21.6 Å². The number of methoxy groups -OCH3 is 1. The number of ether oxygens (including phenoxy) is 1. The zero-order valence-corrected chi connectivity index (χ0v) is 14.9. The van der Waals surface area contributed by atoms with Gasteiger partial charge in [0, 0.05) is 0 Å². The Kier molecular flexibility index (Phi) is 4.50. The lowest BCUT2D eigenvalue weighted by Crippen LogP contribution is -2.40. The summed E-state index contributed by atoms with van der Waals surface area (Å²) in [6.07, 6.45) is 0. The molecule has 0 radical (unpaired) electrons. The Morgan fingerprint density at radius 1 is 1.15 bits per heavy atom. The van der Waals surface area contributed by atoms with Crippen LogP contribution >= 0.6 is 0 Å². The van der Waals surface area contributed by atoms with Gasteiger partial charge in [0.15, 0.2) is 0 Å². The fourth-order valence-electron chi connectivity index (χ4n) is 3.02. The summed E-state index contributed by atoms with van der Waals surface area (Å²) in [7, 11) is 1.31. The molecule has 0 aliphatic carbocycles. The van der Waals surface area contributed by atoms with Crippen LogP contribution in [0, 0.1) is 6.92 Å². The topological polar surface area (TPSA) is 75.7 Å². The maximum Gasteiger partial charge on any atom is 0.337 e. The Morgan fingerprint density at radius 3 is 2.50 bits per heavy atom. The van der Waals surface area contributed by atoms with Crippen molar-refractivity contribution in [2.24, 2.45) is 0 Å². The highest BCUT2D eigenvalue weighted by atomic mass is 16.5. The van der Waals surface area contributed by atoms with E-state index in [-0.39, 0.29) is 12.5 Å². The summed E-state index contributed by atoms with van der Waals surface area (Å²) in [5, 5.41) is 2.78. The van der Waals surface area contributed by atoms with Gasteiger partial charge in [-0.1, -0.05) is 42.0 Å². The van der Waals surface area contributed by atoms with E-state index in [0.29, 0.717) is 11.1 Å². The van der Waals surface area contributed by atoms with Crippen molar-refractivity contribution in [2.75, 3.05) is 7.11 Å². The summed E-state index contributed by atoms with van der Waals surface area (Å²) in [6, 6.07) is 13.7. The smallest absolute Gasteiger partial charge is 0.337 e. The van der Waals surface area contributed by atoms with Gasteiger partial charge in [0.25, 0.3) is 5.91 Å². The molecule has 1 saturated heterocycles. The van der Waals surface area contributed by atoms with Gasteiger partial charge in [-0.15, -0.1) is 0 Å². The zero-order valence-electron chi connectivity index (χ0n) is 14.9. The molecular formula is C20H20N2O4. The van der Waals surface area contributed by atoms with Crippen LogP contribution < -0.4 is 5.32 Å². The molecule has 1 N–H and O–H groups in total. The molecule has 0 saturated carbocycles. The number of nitrogens with one attached hydrogen (secondary N) is 1. The summed E-state index contributed by atoms with van der Waals surface area (Å²) in [4.78, 5) is 38.2. The Bertz CT molecular complexity index is 876. The summed E-state index contributed by atoms with van der Waals surface area (Å²) >= 11 is 0. The van der Waals surface area contributed by atoms with Crippen LogP contribution in [0.1, 0.15) is 34.0 Å². The first kappa shape index (κ1) is 17.7. The maximum atomic E-state index is 13.0. The summed E-state index contributed by atoms with van der Waals surface area (Å²) in [5.74, 6) is -0.789. The van der Waals surface area contributed by atoms with Crippen LogP contribution in [0.15, 0.2) is 48.5 Å². The second-order valence-electron chi connectivity index (χ2n) is 6.50. The monoisotopic (exact) mass is 352 g/mol. The number of benzene rings is 2. The van der Waals surface area contributed by atoms with Crippen LogP contribution in [0.5, 0.6) is 0 Å². The van der Waals surface area contributed by atoms with Gasteiger partial charge in [0.05, 0.1) is 19.2 Å². The molecule has 26 heavy (non-hydrogen) atoms. The number of imide groups is 1. The second-order valence-corrected chi connectivity index (χ2v) is 6.50. The predicted molar refractivity (Wildman–Crippen MR) is 95.4 cm³/mol. The zero-order chi connectivity index (χ0) is 18.9. The first-order chi connectivity index (χ1) is 12.3. The van der Waals surface area contributed by atoms with Crippen LogP contribution in [0.2, 0.25) is 0 Å². The maximum absolute atomic E-state index is 13.0. The summed E-state index contributed by atoms with van der Waals surface area (Å²) in [6.45, 7) is 3.74. The largest absolute Gasteiger partial charge is 0.465 e. The van der Waals surface area contributed by atoms with E-state index in [2.05, 4.69) is 5.32 Å². The molecule has 1 fully saturated rings. The Balaban J connectivity index is 1.86. The fraction of sp³-hybridized carbons (Fsp3) is 0.250. The molecule has 1 aliphatic rings. The molecule has 6 heteroatoms. The molecule has 2 aromatic carbocycles. The van der Waals surface area contributed by atoms with Crippen LogP contribution in [-0.4, -0.2) is 29.9 Å². The second kappa shape index (κ2) is 6.63. The van der Waals surface area contributed by atoms with E-state index in [1.165, 1.54) is 7.11 Å². The van der Waals surface area contributed by atoms with E-state index in [9.17, 15) is 14.4 Å². The van der Waals surface area contributed by atoms with Crippen molar-refractivity contribution >= 4 is 17.9 Å². The lowest BCUT2D eigenvalue weighted by molar-refractivity contribution is -0.131. The first-order valence-corrected chi connectivity index (χ1v) is 8.23. The molecule has 0 spiro atoms. The van der Waals surface area contributed by atoms with E-state index in [1.807, 2.05) is 31.2 Å². The molecule has 6 nitrogen and oxygen atoms in total. The van der Waals surface area contributed by atoms with Gasteiger partial charge >= 0.3 is 12.0 Å². The van der Waals surface area contributed by atoms with Gasteiger partial charge in [0.1, 0.15) is 5.54 Å². The molecule has 1 atom stereocenters. The third kappa shape index (κ3) is 3.06. The number of aryl methyl sites for hydroxylation is 1. The standard InChI is InChI=1S/C20H20N2O4/c1-13-7-9-16(10-8-13)20(2)18(24)22(19(25)21-20)12-14-5-4-6-15(11-14)17(23)26-3/h4-11H,12H2,1-3H3,(H,21,25)/t20-/m1/s1. The summed E-state index contributed by atoms with van der Waals surface area (Å²) < 4.78 is 4.71. The van der Waals surface area contributed by atoms with Crippen LogP contribution in [0.4, 0.5) is 4.79 Å². The molecule has 134 valence electrons. The quantitative estimate of drug-likeness (QED) is 0.678. The molecule has 2 aromatic rings. The van der Waals surface area contributed by atoms with E-state index in [0.717, 1.165) is 16.0 Å². The Morgan fingerprint density at radius 2 is 1.85 bits per heavy atom.